The molecule has 1 heterocycles. The number of aryl methyl sites for hydroxylation is 1. The van der Waals surface area contributed by atoms with Crippen LogP contribution in [0.15, 0.2) is 22.7 Å². The first kappa shape index (κ1) is 23.9. The highest BCUT2D eigenvalue weighted by molar-refractivity contribution is 9.10. The third-order valence-electron chi connectivity index (χ3n) is 7.19. The number of halogens is 1. The second kappa shape index (κ2) is 13.6. The van der Waals surface area contributed by atoms with Gasteiger partial charge in [-0.05, 0) is 55.4 Å². The van der Waals surface area contributed by atoms with E-state index in [-0.39, 0.29) is 0 Å². The van der Waals surface area contributed by atoms with Gasteiger partial charge in [-0.3, -0.25) is 0 Å². The van der Waals surface area contributed by atoms with Crippen LogP contribution in [0.3, 0.4) is 0 Å². The summed E-state index contributed by atoms with van der Waals surface area (Å²) in [5.41, 5.74) is 4.49. The van der Waals surface area contributed by atoms with Gasteiger partial charge in [0.25, 0.3) is 0 Å². The summed E-state index contributed by atoms with van der Waals surface area (Å²) in [5.74, 6) is 0.761. The highest BCUT2D eigenvalue weighted by Crippen LogP contribution is 2.39. The second-order valence-electron chi connectivity index (χ2n) is 9.68. The Morgan fingerprint density at radius 1 is 0.833 bits per heavy atom. The van der Waals surface area contributed by atoms with Crippen molar-refractivity contribution < 1.29 is 0 Å². The lowest BCUT2D eigenvalue weighted by atomic mass is 9.83. The molecule has 2 heteroatoms. The van der Waals surface area contributed by atoms with Crippen LogP contribution in [0.4, 0.5) is 0 Å². The predicted molar refractivity (Wildman–Crippen MR) is 137 cm³/mol. The van der Waals surface area contributed by atoms with Gasteiger partial charge in [-0.1, -0.05) is 113 Å². The lowest BCUT2D eigenvalue weighted by Gasteiger charge is -2.22. The van der Waals surface area contributed by atoms with E-state index in [0.717, 1.165) is 5.92 Å². The maximum Gasteiger partial charge on any atom is 0.0459 e. The van der Waals surface area contributed by atoms with Crippen LogP contribution >= 0.6 is 15.9 Å². The van der Waals surface area contributed by atoms with Crippen LogP contribution in [0.25, 0.3) is 10.9 Å². The standard InChI is InChI=1S/C28H44BrN/c1-2-3-4-5-6-7-8-9-10-11-12-13-14-15-17-23-18-16-19-25-26-22-24(29)20-21-27(26)30-28(23)25/h20-23,30H,2-19H2,1H3. The number of hydrogen-bond acceptors (Lipinski definition) is 0. The van der Waals surface area contributed by atoms with Crippen molar-refractivity contribution in [1.82, 2.24) is 4.98 Å². The first-order valence-corrected chi connectivity index (χ1v) is 13.9. The fourth-order valence-electron chi connectivity index (χ4n) is 5.40. The number of hydrogen-bond donors (Lipinski definition) is 1. The summed E-state index contributed by atoms with van der Waals surface area (Å²) in [6, 6.07) is 6.70. The summed E-state index contributed by atoms with van der Waals surface area (Å²) in [5, 5.41) is 1.45. The Morgan fingerprint density at radius 2 is 1.43 bits per heavy atom. The maximum atomic E-state index is 3.77. The Labute approximate surface area is 193 Å². The Balaban J connectivity index is 1.24. The molecule has 1 aromatic carbocycles. The third kappa shape index (κ3) is 7.43. The summed E-state index contributed by atoms with van der Waals surface area (Å²) in [4.78, 5) is 3.77. The van der Waals surface area contributed by atoms with E-state index in [0.29, 0.717) is 0 Å². The number of unbranched alkanes of at least 4 members (excludes halogenated alkanes) is 13. The summed E-state index contributed by atoms with van der Waals surface area (Å²) in [7, 11) is 0. The molecule has 1 nitrogen and oxygen atoms in total. The van der Waals surface area contributed by atoms with Gasteiger partial charge in [-0.15, -0.1) is 0 Å². The Kier molecular flexibility index (Phi) is 10.8. The SMILES string of the molecule is CCCCCCCCCCCCCCCCC1CCCc2c1[nH]c1ccc(Br)cc21. The molecule has 168 valence electrons. The molecule has 0 spiro atoms. The average Bonchev–Trinajstić information content (AvgIpc) is 3.12. The zero-order chi connectivity index (χ0) is 21.0. The van der Waals surface area contributed by atoms with E-state index in [4.69, 9.17) is 0 Å². The topological polar surface area (TPSA) is 15.8 Å². The van der Waals surface area contributed by atoms with E-state index >= 15 is 0 Å². The number of aromatic amines is 1. The van der Waals surface area contributed by atoms with Gasteiger partial charge in [0.15, 0.2) is 0 Å². The van der Waals surface area contributed by atoms with Crippen LogP contribution in [0, 0.1) is 0 Å². The maximum absolute atomic E-state index is 3.77. The second-order valence-corrected chi connectivity index (χ2v) is 10.6. The van der Waals surface area contributed by atoms with Crippen molar-refractivity contribution in [1.29, 1.82) is 0 Å². The first-order chi connectivity index (χ1) is 14.8. The summed E-state index contributed by atoms with van der Waals surface area (Å²) in [6.07, 6.45) is 25.6. The first-order valence-electron chi connectivity index (χ1n) is 13.1. The highest BCUT2D eigenvalue weighted by atomic mass is 79.9. The van der Waals surface area contributed by atoms with Crippen LogP contribution in [0.2, 0.25) is 0 Å². The van der Waals surface area contributed by atoms with E-state index < -0.39 is 0 Å². The number of fused-ring (bicyclic) bond motifs is 3. The van der Waals surface area contributed by atoms with Crippen molar-refractivity contribution in [2.75, 3.05) is 0 Å². The van der Waals surface area contributed by atoms with E-state index in [1.54, 1.807) is 11.3 Å². The van der Waals surface area contributed by atoms with Crippen molar-refractivity contribution in [3.8, 4) is 0 Å². The number of aromatic nitrogens is 1. The molecule has 1 unspecified atom stereocenters. The molecule has 1 N–H and O–H groups in total. The minimum atomic E-state index is 0.761. The molecular formula is C28H44BrN. The van der Waals surface area contributed by atoms with Crippen molar-refractivity contribution in [3.05, 3.63) is 33.9 Å². The molecule has 1 aliphatic rings. The van der Waals surface area contributed by atoms with E-state index in [1.807, 2.05) is 0 Å². The van der Waals surface area contributed by atoms with Crippen LogP contribution in [-0.2, 0) is 6.42 Å². The van der Waals surface area contributed by atoms with Gasteiger partial charge in [0, 0.05) is 21.1 Å². The van der Waals surface area contributed by atoms with Crippen molar-refractivity contribution in [2.45, 2.75) is 128 Å². The minimum Gasteiger partial charge on any atom is -0.358 e. The molecule has 0 bridgehead atoms. The molecule has 0 amide bonds. The van der Waals surface area contributed by atoms with Gasteiger partial charge in [0.1, 0.15) is 0 Å². The number of benzene rings is 1. The molecule has 0 aliphatic heterocycles. The quantitative estimate of drug-likeness (QED) is 0.247. The summed E-state index contributed by atoms with van der Waals surface area (Å²) >= 11 is 3.65. The van der Waals surface area contributed by atoms with Gasteiger partial charge in [0.05, 0.1) is 0 Å². The number of H-pyrrole nitrogens is 1. The molecule has 3 rings (SSSR count). The molecule has 0 saturated heterocycles. The van der Waals surface area contributed by atoms with E-state index in [2.05, 4.69) is 46.0 Å². The number of nitrogens with one attached hydrogen (secondary N) is 1. The molecule has 0 fully saturated rings. The van der Waals surface area contributed by atoms with Crippen molar-refractivity contribution >= 4 is 26.8 Å². The Bertz CT molecular complexity index is 732. The van der Waals surface area contributed by atoms with Crippen LogP contribution in [0.1, 0.15) is 133 Å². The molecule has 1 atom stereocenters. The van der Waals surface area contributed by atoms with Crippen LogP contribution in [-0.4, -0.2) is 4.98 Å². The Hall–Kier alpha value is -0.760. The summed E-state index contributed by atoms with van der Waals surface area (Å²) < 4.78 is 1.20. The van der Waals surface area contributed by atoms with E-state index in [9.17, 15) is 0 Å². The normalized spacial score (nSPS) is 16.3. The fourth-order valence-corrected chi connectivity index (χ4v) is 5.76. The molecule has 0 saturated carbocycles. The third-order valence-corrected chi connectivity index (χ3v) is 7.69. The molecule has 1 aliphatic carbocycles. The van der Waals surface area contributed by atoms with Crippen LogP contribution in [0.5, 0.6) is 0 Å². The fraction of sp³-hybridized carbons (Fsp3) is 0.714. The molecular weight excluding hydrogens is 430 g/mol. The molecule has 0 radical (unpaired) electrons. The predicted octanol–water partition coefficient (Wildman–Crippen LogP) is 10.2. The lowest BCUT2D eigenvalue weighted by molar-refractivity contribution is 0.475. The van der Waals surface area contributed by atoms with Gasteiger partial charge < -0.3 is 4.98 Å². The van der Waals surface area contributed by atoms with Crippen LogP contribution < -0.4 is 0 Å². The Morgan fingerprint density at radius 3 is 2.07 bits per heavy atom. The van der Waals surface area contributed by atoms with Gasteiger partial charge in [-0.25, -0.2) is 0 Å². The minimum absolute atomic E-state index is 0.761. The molecule has 1 aromatic heterocycles. The number of rotatable bonds is 15. The zero-order valence-corrected chi connectivity index (χ0v) is 21.0. The largest absolute Gasteiger partial charge is 0.358 e. The van der Waals surface area contributed by atoms with Gasteiger partial charge in [-0.2, -0.15) is 0 Å². The summed E-state index contributed by atoms with van der Waals surface area (Å²) in [6.45, 7) is 2.30. The van der Waals surface area contributed by atoms with Crippen molar-refractivity contribution in [3.63, 3.8) is 0 Å². The highest BCUT2D eigenvalue weighted by Gasteiger charge is 2.23. The monoisotopic (exact) mass is 473 g/mol. The van der Waals surface area contributed by atoms with Gasteiger partial charge in [0.2, 0.25) is 0 Å². The smallest absolute Gasteiger partial charge is 0.0459 e. The van der Waals surface area contributed by atoms with Gasteiger partial charge >= 0.3 is 0 Å². The zero-order valence-electron chi connectivity index (χ0n) is 19.4. The average molecular weight is 475 g/mol. The van der Waals surface area contributed by atoms with E-state index in [1.165, 1.54) is 131 Å². The lowest BCUT2D eigenvalue weighted by Crippen LogP contribution is -2.09. The molecule has 2 aromatic rings. The molecule has 30 heavy (non-hydrogen) atoms. The van der Waals surface area contributed by atoms with Crippen molar-refractivity contribution in [2.24, 2.45) is 0 Å².